The third-order valence-corrected chi connectivity index (χ3v) is 11.5. The van der Waals surface area contributed by atoms with E-state index in [0.29, 0.717) is 68.0 Å². The van der Waals surface area contributed by atoms with Crippen molar-refractivity contribution < 1.29 is 38.1 Å². The average molecular weight is 826 g/mol. The molecule has 0 fully saturated rings. The summed E-state index contributed by atoms with van der Waals surface area (Å²) in [4.78, 5) is 39.0. The van der Waals surface area contributed by atoms with E-state index in [0.717, 1.165) is 116 Å². The van der Waals surface area contributed by atoms with Gasteiger partial charge in [-0.15, -0.1) is 0 Å². The van der Waals surface area contributed by atoms with Crippen LogP contribution in [-0.2, 0) is 38.1 Å². The van der Waals surface area contributed by atoms with Gasteiger partial charge in [0.1, 0.15) is 6.10 Å². The number of hydrogen-bond acceptors (Lipinski definition) is 9. The molecule has 0 spiro atoms. The Labute approximate surface area is 358 Å². The minimum atomic E-state index is -0.163. The Morgan fingerprint density at radius 1 is 0.431 bits per heavy atom. The van der Waals surface area contributed by atoms with Crippen molar-refractivity contribution in [2.45, 2.75) is 216 Å². The first kappa shape index (κ1) is 56.3. The summed E-state index contributed by atoms with van der Waals surface area (Å²) >= 11 is 0. The molecule has 344 valence electrons. The van der Waals surface area contributed by atoms with Crippen LogP contribution in [-0.4, -0.2) is 76.4 Å². The summed E-state index contributed by atoms with van der Waals surface area (Å²) in [5.74, 6) is 3.12. The van der Waals surface area contributed by atoms with Crippen molar-refractivity contribution in [3.63, 3.8) is 0 Å². The molecule has 2 unspecified atom stereocenters. The highest BCUT2D eigenvalue weighted by molar-refractivity contribution is 5.70. The lowest BCUT2D eigenvalue weighted by atomic mass is 9.89. The van der Waals surface area contributed by atoms with Gasteiger partial charge in [0.25, 0.3) is 0 Å². The molecule has 2 atom stereocenters. The van der Waals surface area contributed by atoms with Crippen molar-refractivity contribution in [3.05, 3.63) is 0 Å². The molecule has 0 rings (SSSR count). The lowest BCUT2D eigenvalue weighted by Crippen LogP contribution is -2.20. The molecule has 0 aliphatic rings. The van der Waals surface area contributed by atoms with Crippen LogP contribution in [0.5, 0.6) is 0 Å². The SMILES string of the molecule is CC(C)CCC(COCOC(=O)CCCCCCCCCC(CCCCCCCCCC(=O)OCOCC(CCC(C)C)C(C)C)OC(=O)CCCN(C)C)C(C)C. The first-order chi connectivity index (χ1) is 27.7. The second-order valence-corrected chi connectivity index (χ2v) is 19.0. The maximum Gasteiger partial charge on any atom is 0.307 e. The highest BCUT2D eigenvalue weighted by Gasteiger charge is 2.17. The van der Waals surface area contributed by atoms with Gasteiger partial charge < -0.3 is 28.6 Å². The molecule has 0 bridgehead atoms. The van der Waals surface area contributed by atoms with E-state index < -0.39 is 0 Å². The van der Waals surface area contributed by atoms with E-state index in [1.54, 1.807) is 0 Å². The largest absolute Gasteiger partial charge is 0.462 e. The fourth-order valence-corrected chi connectivity index (χ4v) is 7.17. The number of rotatable bonds is 41. The zero-order valence-electron chi connectivity index (χ0n) is 39.8. The summed E-state index contributed by atoms with van der Waals surface area (Å²) in [5.41, 5.74) is 0. The summed E-state index contributed by atoms with van der Waals surface area (Å²) < 4.78 is 28.0. The Balaban J connectivity index is 4.15. The van der Waals surface area contributed by atoms with Gasteiger partial charge in [0.2, 0.25) is 0 Å². The summed E-state index contributed by atoms with van der Waals surface area (Å²) in [6.45, 7) is 20.2. The van der Waals surface area contributed by atoms with Crippen molar-refractivity contribution in [1.29, 1.82) is 0 Å². The quantitative estimate of drug-likeness (QED) is 0.0258. The topological polar surface area (TPSA) is 101 Å². The molecule has 0 aliphatic carbocycles. The molecule has 0 saturated carbocycles. The van der Waals surface area contributed by atoms with Crippen LogP contribution in [0, 0.1) is 35.5 Å². The van der Waals surface area contributed by atoms with Gasteiger partial charge >= 0.3 is 17.9 Å². The summed E-state index contributed by atoms with van der Waals surface area (Å²) in [6.07, 6.45) is 23.9. The van der Waals surface area contributed by atoms with Crippen LogP contribution in [0.25, 0.3) is 0 Å². The Hall–Kier alpha value is -1.71. The van der Waals surface area contributed by atoms with Crippen LogP contribution in [0.2, 0.25) is 0 Å². The molecular weight excluding hydrogens is 731 g/mol. The van der Waals surface area contributed by atoms with E-state index in [2.05, 4.69) is 60.3 Å². The molecule has 0 amide bonds. The van der Waals surface area contributed by atoms with Gasteiger partial charge in [-0.1, -0.05) is 132 Å². The summed E-state index contributed by atoms with van der Waals surface area (Å²) in [5, 5.41) is 0. The standard InChI is InChI=1S/C49H95NO8/c1-40(2)31-33-44(42(5)6)36-54-38-56-47(51)28-23-19-15-11-13-17-21-26-46(58-49(53)30-25-35-50(9)10)27-22-18-14-12-16-20-24-29-48(52)57-39-55-37-45(43(7)8)34-32-41(3)4/h40-46H,11-39H2,1-10H3. The molecule has 58 heavy (non-hydrogen) atoms. The van der Waals surface area contributed by atoms with E-state index in [1.165, 1.54) is 25.7 Å². The van der Waals surface area contributed by atoms with Crippen molar-refractivity contribution in [1.82, 2.24) is 4.90 Å². The van der Waals surface area contributed by atoms with Gasteiger partial charge in [-0.25, -0.2) is 0 Å². The Kier molecular flexibility index (Phi) is 37.1. The van der Waals surface area contributed by atoms with E-state index in [1.807, 2.05) is 14.1 Å². The van der Waals surface area contributed by atoms with Crippen LogP contribution in [0.1, 0.15) is 209 Å². The molecule has 0 saturated heterocycles. The van der Waals surface area contributed by atoms with E-state index >= 15 is 0 Å². The smallest absolute Gasteiger partial charge is 0.307 e. The van der Waals surface area contributed by atoms with Crippen LogP contribution in [0.15, 0.2) is 0 Å². The molecule has 9 heteroatoms. The van der Waals surface area contributed by atoms with E-state index in [-0.39, 0.29) is 37.6 Å². The highest BCUT2D eigenvalue weighted by atomic mass is 16.7. The molecule has 0 radical (unpaired) electrons. The molecule has 0 N–H and O–H groups in total. The van der Waals surface area contributed by atoms with Gasteiger partial charge in [0.15, 0.2) is 13.6 Å². The first-order valence-corrected chi connectivity index (χ1v) is 24.0. The van der Waals surface area contributed by atoms with E-state index in [9.17, 15) is 14.4 Å². The van der Waals surface area contributed by atoms with Gasteiger partial charge in [0.05, 0.1) is 13.2 Å². The minimum absolute atomic E-state index is 0.00411. The summed E-state index contributed by atoms with van der Waals surface area (Å²) in [7, 11) is 4.06. The molecular formula is C49H95NO8. The molecule has 0 aromatic rings. The van der Waals surface area contributed by atoms with Crippen molar-refractivity contribution in [2.24, 2.45) is 35.5 Å². The van der Waals surface area contributed by atoms with Crippen LogP contribution >= 0.6 is 0 Å². The number of carbonyl (C=O) groups is 3. The lowest BCUT2D eigenvalue weighted by molar-refractivity contribution is -0.158. The second kappa shape index (κ2) is 38.2. The Morgan fingerprint density at radius 2 is 0.793 bits per heavy atom. The van der Waals surface area contributed by atoms with Crippen molar-refractivity contribution in [2.75, 3.05) is 47.4 Å². The van der Waals surface area contributed by atoms with E-state index in [4.69, 9.17) is 23.7 Å². The maximum absolute atomic E-state index is 12.6. The van der Waals surface area contributed by atoms with Gasteiger partial charge in [-0.2, -0.15) is 0 Å². The van der Waals surface area contributed by atoms with Crippen LogP contribution in [0.4, 0.5) is 0 Å². The fourth-order valence-electron chi connectivity index (χ4n) is 7.17. The van der Waals surface area contributed by atoms with Crippen LogP contribution < -0.4 is 0 Å². The zero-order chi connectivity index (χ0) is 43.4. The minimum Gasteiger partial charge on any atom is -0.462 e. The van der Waals surface area contributed by atoms with Gasteiger partial charge in [0, 0.05) is 19.3 Å². The van der Waals surface area contributed by atoms with Gasteiger partial charge in [-0.3, -0.25) is 14.4 Å². The average Bonchev–Trinajstić information content (AvgIpc) is 3.14. The highest BCUT2D eigenvalue weighted by Crippen LogP contribution is 2.22. The van der Waals surface area contributed by atoms with Crippen molar-refractivity contribution >= 4 is 17.9 Å². The number of carbonyl (C=O) groups excluding carboxylic acids is 3. The lowest BCUT2D eigenvalue weighted by Gasteiger charge is -2.21. The second-order valence-electron chi connectivity index (χ2n) is 19.0. The molecule has 9 nitrogen and oxygen atoms in total. The predicted molar refractivity (Wildman–Crippen MR) is 239 cm³/mol. The fraction of sp³-hybridized carbons (Fsp3) is 0.939. The maximum atomic E-state index is 12.6. The Bertz CT molecular complexity index is 906. The third-order valence-electron chi connectivity index (χ3n) is 11.5. The zero-order valence-corrected chi connectivity index (χ0v) is 39.8. The number of hydrogen-bond donors (Lipinski definition) is 0. The first-order valence-electron chi connectivity index (χ1n) is 24.0. The monoisotopic (exact) mass is 826 g/mol. The molecule has 0 aliphatic heterocycles. The number of ether oxygens (including phenoxy) is 5. The van der Waals surface area contributed by atoms with Crippen molar-refractivity contribution in [3.8, 4) is 0 Å². The summed E-state index contributed by atoms with van der Waals surface area (Å²) in [6, 6.07) is 0. The third kappa shape index (κ3) is 37.3. The number of nitrogens with zero attached hydrogens (tertiary/aromatic N) is 1. The molecule has 0 aromatic carbocycles. The predicted octanol–water partition coefficient (Wildman–Crippen LogP) is 12.7. The molecule has 0 heterocycles. The van der Waals surface area contributed by atoms with Gasteiger partial charge in [-0.05, 0) is 114 Å². The number of unbranched alkanes of at least 4 members (excludes halogenated alkanes) is 12. The Morgan fingerprint density at radius 3 is 1.16 bits per heavy atom. The van der Waals surface area contributed by atoms with Crippen LogP contribution in [0.3, 0.4) is 0 Å². The normalized spacial score (nSPS) is 13.5. The number of esters is 3. The molecule has 0 aromatic heterocycles.